The summed E-state index contributed by atoms with van der Waals surface area (Å²) in [6.07, 6.45) is 8.74. The van der Waals surface area contributed by atoms with Crippen molar-refractivity contribution in [3.8, 4) is 6.07 Å². The highest BCUT2D eigenvalue weighted by Crippen LogP contribution is 2.34. The maximum absolute atomic E-state index is 9.03. The van der Waals surface area contributed by atoms with Crippen LogP contribution in [-0.4, -0.2) is 35.3 Å². The Labute approximate surface area is 179 Å². The van der Waals surface area contributed by atoms with Gasteiger partial charge in [0.25, 0.3) is 0 Å². The van der Waals surface area contributed by atoms with Crippen molar-refractivity contribution in [1.29, 1.82) is 10.7 Å². The summed E-state index contributed by atoms with van der Waals surface area (Å²) in [4.78, 5) is 8.72. The van der Waals surface area contributed by atoms with Gasteiger partial charge >= 0.3 is 0 Å². The average molecular weight is 418 g/mol. The molecule has 1 saturated carbocycles. The molecule has 2 aromatic heterocycles. The van der Waals surface area contributed by atoms with Crippen LogP contribution in [0.4, 0.5) is 5.69 Å². The summed E-state index contributed by atoms with van der Waals surface area (Å²) >= 11 is 1.58. The van der Waals surface area contributed by atoms with Crippen molar-refractivity contribution in [3.05, 3.63) is 59.9 Å². The first-order valence-electron chi connectivity index (χ1n) is 9.76. The van der Waals surface area contributed by atoms with Crippen molar-refractivity contribution < 1.29 is 0 Å². The highest BCUT2D eigenvalue weighted by Gasteiger charge is 2.30. The van der Waals surface area contributed by atoms with Gasteiger partial charge in [-0.1, -0.05) is 6.07 Å². The molecule has 7 nitrogen and oxygen atoms in total. The van der Waals surface area contributed by atoms with Crippen molar-refractivity contribution in [2.45, 2.75) is 29.8 Å². The summed E-state index contributed by atoms with van der Waals surface area (Å²) in [7, 11) is 1.85. The fourth-order valence-corrected chi connectivity index (χ4v) is 4.40. The number of fused-ring (bicyclic) bond motifs is 1. The highest BCUT2D eigenvalue weighted by molar-refractivity contribution is 7.97. The number of aromatic amines is 1. The van der Waals surface area contributed by atoms with Crippen LogP contribution < -0.4 is 15.4 Å². The Morgan fingerprint density at radius 3 is 2.97 bits per heavy atom. The Morgan fingerprint density at radius 1 is 1.33 bits per heavy atom. The van der Waals surface area contributed by atoms with Gasteiger partial charge in [-0.25, -0.2) is 4.98 Å². The molecule has 0 radical (unpaired) electrons. The molecule has 0 atom stereocenters. The summed E-state index contributed by atoms with van der Waals surface area (Å²) in [6, 6.07) is 12.6. The summed E-state index contributed by atoms with van der Waals surface area (Å²) in [5.41, 5.74) is 4.35. The summed E-state index contributed by atoms with van der Waals surface area (Å²) in [5.74, 6) is 0. The second kappa shape index (κ2) is 9.03. The predicted octanol–water partition coefficient (Wildman–Crippen LogP) is 3.88. The zero-order valence-electron chi connectivity index (χ0n) is 16.6. The third-order valence-electron chi connectivity index (χ3n) is 5.19. The second-order valence-electron chi connectivity index (χ2n) is 7.15. The second-order valence-corrected chi connectivity index (χ2v) is 8.06. The van der Waals surface area contributed by atoms with Gasteiger partial charge in [0, 0.05) is 59.3 Å². The van der Waals surface area contributed by atoms with Crippen LogP contribution in [0.5, 0.6) is 0 Å². The van der Waals surface area contributed by atoms with E-state index in [-0.39, 0.29) is 0 Å². The fourth-order valence-electron chi connectivity index (χ4n) is 3.58. The number of aromatic nitrogens is 2. The van der Waals surface area contributed by atoms with Crippen LogP contribution in [0.15, 0.2) is 53.7 Å². The fraction of sp³-hybridized carbons (Fsp3) is 0.227. The molecule has 0 aliphatic heterocycles. The van der Waals surface area contributed by atoms with Crippen molar-refractivity contribution in [2.24, 2.45) is 0 Å². The molecular formula is C22H23N7S. The number of hydrogen-bond donors (Lipinski definition) is 5. The number of allylic oxidation sites excluding steroid dienone is 1. The van der Waals surface area contributed by atoms with Gasteiger partial charge in [-0.05, 0) is 55.1 Å². The van der Waals surface area contributed by atoms with Crippen LogP contribution in [-0.2, 0) is 0 Å². The normalized spacial score (nSPS) is 18.5. The van der Waals surface area contributed by atoms with Crippen LogP contribution in [0.2, 0.25) is 0 Å². The minimum atomic E-state index is 0.353. The van der Waals surface area contributed by atoms with Gasteiger partial charge in [-0.15, -0.1) is 0 Å². The van der Waals surface area contributed by atoms with E-state index in [0.717, 1.165) is 45.7 Å². The third kappa shape index (κ3) is 4.17. The van der Waals surface area contributed by atoms with E-state index in [2.05, 4.69) is 31.4 Å². The standard InChI is InChI=1S/C22H23N7S/c1-25-20(5-7-23)19-13-27-22-18(6-8-26-22)21(19)28-15-10-16(11-15)29-30-17-4-2-3-14(9-17)12-24/h2-9,13,15-16,23,25,29H,10-11H2,1H3,(H2,26,27,28)/b20-5-,23-7?/t15-,16+. The molecule has 0 spiro atoms. The van der Waals surface area contributed by atoms with Crippen molar-refractivity contribution in [3.63, 3.8) is 0 Å². The lowest BCUT2D eigenvalue weighted by molar-refractivity contribution is 0.355. The quantitative estimate of drug-likeness (QED) is 0.281. The summed E-state index contributed by atoms with van der Waals surface area (Å²) in [5, 5.41) is 24.3. The number of benzene rings is 1. The minimum Gasteiger partial charge on any atom is -0.387 e. The van der Waals surface area contributed by atoms with Gasteiger partial charge in [0.1, 0.15) is 5.65 Å². The maximum atomic E-state index is 9.03. The van der Waals surface area contributed by atoms with Gasteiger partial charge < -0.3 is 21.0 Å². The van der Waals surface area contributed by atoms with E-state index in [1.807, 2.05) is 49.8 Å². The number of nitrogens with zero attached hydrogens (tertiary/aromatic N) is 2. The molecule has 8 heteroatoms. The van der Waals surface area contributed by atoms with Crippen LogP contribution >= 0.6 is 11.9 Å². The van der Waals surface area contributed by atoms with Crippen molar-refractivity contribution in [2.75, 3.05) is 12.4 Å². The number of nitriles is 1. The lowest BCUT2D eigenvalue weighted by Gasteiger charge is -2.37. The summed E-state index contributed by atoms with van der Waals surface area (Å²) in [6.45, 7) is 0. The van der Waals surface area contributed by atoms with Gasteiger partial charge in [0.15, 0.2) is 0 Å². The van der Waals surface area contributed by atoms with Crippen molar-refractivity contribution >= 4 is 40.6 Å². The largest absolute Gasteiger partial charge is 0.387 e. The maximum Gasteiger partial charge on any atom is 0.139 e. The molecule has 1 aliphatic carbocycles. The topological polar surface area (TPSA) is 112 Å². The zero-order chi connectivity index (χ0) is 20.9. The molecule has 1 fully saturated rings. The molecule has 0 bridgehead atoms. The number of pyridine rings is 1. The number of H-pyrrole nitrogens is 1. The molecule has 0 amide bonds. The van der Waals surface area contributed by atoms with Crippen LogP contribution in [0.25, 0.3) is 16.7 Å². The van der Waals surface area contributed by atoms with E-state index in [1.165, 1.54) is 6.21 Å². The number of hydrogen-bond acceptors (Lipinski definition) is 7. The van der Waals surface area contributed by atoms with Gasteiger partial charge in [-0.3, -0.25) is 4.72 Å². The van der Waals surface area contributed by atoms with Gasteiger partial charge in [0.2, 0.25) is 0 Å². The zero-order valence-corrected chi connectivity index (χ0v) is 17.4. The smallest absolute Gasteiger partial charge is 0.139 e. The molecule has 4 rings (SSSR count). The van der Waals surface area contributed by atoms with Crippen LogP contribution in [0, 0.1) is 16.7 Å². The molecule has 0 unspecified atom stereocenters. The summed E-state index contributed by atoms with van der Waals surface area (Å²) < 4.78 is 3.50. The van der Waals surface area contributed by atoms with E-state index in [9.17, 15) is 0 Å². The molecule has 0 saturated heterocycles. The van der Waals surface area contributed by atoms with Gasteiger partial charge in [0.05, 0.1) is 17.3 Å². The lowest BCUT2D eigenvalue weighted by atomic mass is 9.87. The lowest BCUT2D eigenvalue weighted by Crippen LogP contribution is -2.45. The monoisotopic (exact) mass is 417 g/mol. The van der Waals surface area contributed by atoms with E-state index < -0.39 is 0 Å². The SMILES string of the molecule is CN/C(=C\C=N)c1cnc2[nH]ccc2c1N[C@H]1C[C@@H](NSc2cccc(C#N)c2)C1. The Balaban J connectivity index is 1.43. The Bertz CT molecular complexity index is 1120. The molecule has 1 aromatic carbocycles. The number of anilines is 1. The van der Waals surface area contributed by atoms with E-state index in [1.54, 1.807) is 18.0 Å². The number of nitrogens with one attached hydrogen (secondary N) is 5. The third-order valence-corrected chi connectivity index (χ3v) is 6.13. The average Bonchev–Trinajstić information content (AvgIpc) is 3.23. The van der Waals surface area contributed by atoms with Crippen LogP contribution in [0.1, 0.15) is 24.0 Å². The highest BCUT2D eigenvalue weighted by atomic mass is 32.2. The van der Waals surface area contributed by atoms with Crippen LogP contribution in [0.3, 0.4) is 0 Å². The molecule has 5 N–H and O–H groups in total. The molecule has 152 valence electrons. The molecule has 2 heterocycles. The van der Waals surface area contributed by atoms with E-state index in [4.69, 9.17) is 10.7 Å². The minimum absolute atomic E-state index is 0.353. The van der Waals surface area contributed by atoms with E-state index in [0.29, 0.717) is 17.6 Å². The molecule has 1 aliphatic rings. The molecular weight excluding hydrogens is 394 g/mol. The number of rotatable bonds is 8. The van der Waals surface area contributed by atoms with Crippen molar-refractivity contribution in [1.82, 2.24) is 20.0 Å². The predicted molar refractivity (Wildman–Crippen MR) is 122 cm³/mol. The Morgan fingerprint density at radius 2 is 2.20 bits per heavy atom. The first kappa shape index (κ1) is 20.0. The molecule has 3 aromatic rings. The Kier molecular flexibility index (Phi) is 6.02. The first-order valence-corrected chi connectivity index (χ1v) is 10.6. The van der Waals surface area contributed by atoms with E-state index >= 15 is 0 Å². The molecule has 30 heavy (non-hydrogen) atoms. The van der Waals surface area contributed by atoms with Gasteiger partial charge in [-0.2, -0.15) is 5.26 Å². The Hall–Kier alpha value is -3.28. The first-order chi connectivity index (χ1) is 14.7.